The lowest BCUT2D eigenvalue weighted by Gasteiger charge is -2.29. The van der Waals surface area contributed by atoms with Gasteiger partial charge in [-0.25, -0.2) is 8.42 Å². The molecular formula is C12H26N2O2S. The highest BCUT2D eigenvalue weighted by atomic mass is 32.2. The first-order valence-electron chi connectivity index (χ1n) is 6.54. The van der Waals surface area contributed by atoms with E-state index in [1.807, 2.05) is 0 Å². The summed E-state index contributed by atoms with van der Waals surface area (Å²) in [7, 11) is -0.756. The average Bonchev–Trinajstić information content (AvgIpc) is 2.28. The fourth-order valence-corrected chi connectivity index (χ4v) is 3.51. The van der Waals surface area contributed by atoms with Crippen molar-refractivity contribution < 1.29 is 8.42 Å². The maximum absolute atomic E-state index is 11.5. The molecule has 0 aromatic carbocycles. The van der Waals surface area contributed by atoms with Gasteiger partial charge in [0.15, 0.2) is 0 Å². The molecule has 0 aliphatic heterocycles. The van der Waals surface area contributed by atoms with E-state index >= 15 is 0 Å². The van der Waals surface area contributed by atoms with E-state index in [0.717, 1.165) is 45.3 Å². The van der Waals surface area contributed by atoms with Gasteiger partial charge < -0.3 is 10.2 Å². The van der Waals surface area contributed by atoms with Crippen molar-refractivity contribution in [3.63, 3.8) is 0 Å². The number of sulfone groups is 1. The topological polar surface area (TPSA) is 49.4 Å². The van der Waals surface area contributed by atoms with Crippen LogP contribution >= 0.6 is 0 Å². The molecule has 0 aromatic heterocycles. The third-order valence-corrected chi connectivity index (χ3v) is 5.34. The van der Waals surface area contributed by atoms with Gasteiger partial charge in [-0.05, 0) is 32.9 Å². The quantitative estimate of drug-likeness (QED) is 0.772. The number of nitrogens with zero attached hydrogens (tertiary/aromatic N) is 1. The van der Waals surface area contributed by atoms with E-state index in [2.05, 4.69) is 24.2 Å². The second-order valence-electron chi connectivity index (χ2n) is 5.17. The molecule has 1 rings (SSSR count). The Labute approximate surface area is 106 Å². The molecule has 4 nitrogen and oxygen atoms in total. The van der Waals surface area contributed by atoms with Gasteiger partial charge >= 0.3 is 0 Å². The summed E-state index contributed by atoms with van der Waals surface area (Å²) >= 11 is 0. The third-order valence-electron chi connectivity index (χ3n) is 3.70. The van der Waals surface area contributed by atoms with E-state index in [-0.39, 0.29) is 5.25 Å². The van der Waals surface area contributed by atoms with Crippen LogP contribution in [0.5, 0.6) is 0 Å². The highest BCUT2D eigenvalue weighted by Crippen LogP contribution is 2.23. The fourth-order valence-electron chi connectivity index (χ4n) is 2.34. The van der Waals surface area contributed by atoms with Crippen LogP contribution in [0.25, 0.3) is 0 Å². The van der Waals surface area contributed by atoms with Crippen molar-refractivity contribution in [2.24, 2.45) is 0 Å². The fraction of sp³-hybridized carbons (Fsp3) is 1.00. The zero-order valence-corrected chi connectivity index (χ0v) is 12.1. The van der Waals surface area contributed by atoms with Gasteiger partial charge in [-0.1, -0.05) is 13.3 Å². The molecule has 2 unspecified atom stereocenters. The Balaban J connectivity index is 2.30. The highest BCUT2D eigenvalue weighted by Gasteiger charge is 2.28. The average molecular weight is 262 g/mol. The number of nitrogens with one attached hydrogen (secondary N) is 1. The van der Waals surface area contributed by atoms with Crippen molar-refractivity contribution in [2.75, 3.05) is 32.9 Å². The molecule has 0 aromatic rings. The molecular weight excluding hydrogens is 236 g/mol. The zero-order valence-electron chi connectivity index (χ0n) is 11.3. The van der Waals surface area contributed by atoms with E-state index in [1.54, 1.807) is 0 Å². The van der Waals surface area contributed by atoms with Crippen LogP contribution in [0.1, 0.15) is 32.6 Å². The van der Waals surface area contributed by atoms with E-state index in [9.17, 15) is 8.42 Å². The molecule has 1 aliphatic rings. The SMILES string of the molecule is CCN(C)CCNC1CCCC(S(C)(=O)=O)C1. The normalized spacial score (nSPS) is 26.4. The number of hydrogen-bond donors (Lipinski definition) is 1. The van der Waals surface area contributed by atoms with E-state index in [0.29, 0.717) is 6.04 Å². The maximum Gasteiger partial charge on any atom is 0.150 e. The smallest absolute Gasteiger partial charge is 0.150 e. The van der Waals surface area contributed by atoms with Crippen LogP contribution in [-0.2, 0) is 9.84 Å². The summed E-state index contributed by atoms with van der Waals surface area (Å²) in [5.74, 6) is 0. The molecule has 0 heterocycles. The van der Waals surface area contributed by atoms with Gasteiger partial charge in [-0.3, -0.25) is 0 Å². The maximum atomic E-state index is 11.5. The summed E-state index contributed by atoms with van der Waals surface area (Å²) < 4.78 is 23.0. The monoisotopic (exact) mass is 262 g/mol. The lowest BCUT2D eigenvalue weighted by atomic mass is 9.95. The van der Waals surface area contributed by atoms with Crippen molar-refractivity contribution in [1.82, 2.24) is 10.2 Å². The lowest BCUT2D eigenvalue weighted by Crippen LogP contribution is -2.41. The molecule has 17 heavy (non-hydrogen) atoms. The van der Waals surface area contributed by atoms with Crippen molar-refractivity contribution in [1.29, 1.82) is 0 Å². The Hall–Kier alpha value is -0.130. The molecule has 0 spiro atoms. The van der Waals surface area contributed by atoms with Gasteiger partial charge in [0.1, 0.15) is 9.84 Å². The first-order chi connectivity index (χ1) is 7.93. The van der Waals surface area contributed by atoms with Gasteiger partial charge in [0.2, 0.25) is 0 Å². The van der Waals surface area contributed by atoms with E-state index in [1.165, 1.54) is 6.26 Å². The van der Waals surface area contributed by atoms with Gasteiger partial charge in [0, 0.05) is 25.4 Å². The number of rotatable bonds is 6. The predicted octanol–water partition coefficient (Wildman–Crippen LogP) is 0.884. The van der Waals surface area contributed by atoms with Gasteiger partial charge in [-0.2, -0.15) is 0 Å². The van der Waals surface area contributed by atoms with Crippen LogP contribution in [-0.4, -0.2) is 57.5 Å². The summed E-state index contributed by atoms with van der Waals surface area (Å²) in [6.45, 7) is 5.17. The molecule has 0 radical (unpaired) electrons. The summed E-state index contributed by atoms with van der Waals surface area (Å²) in [6.07, 6.45) is 5.13. The Kier molecular flexibility index (Phi) is 5.89. The summed E-state index contributed by atoms with van der Waals surface area (Å²) in [6, 6.07) is 0.383. The Morgan fingerprint density at radius 2 is 2.06 bits per heavy atom. The summed E-state index contributed by atoms with van der Waals surface area (Å²) in [5, 5.41) is 3.36. The second kappa shape index (κ2) is 6.71. The van der Waals surface area contributed by atoms with Crippen LogP contribution in [0.15, 0.2) is 0 Å². The molecule has 1 N–H and O–H groups in total. The first kappa shape index (κ1) is 14.9. The van der Waals surface area contributed by atoms with Crippen molar-refractivity contribution in [3.8, 4) is 0 Å². The van der Waals surface area contributed by atoms with Crippen molar-refractivity contribution in [3.05, 3.63) is 0 Å². The predicted molar refractivity (Wildman–Crippen MR) is 72.1 cm³/mol. The molecule has 0 bridgehead atoms. The molecule has 0 amide bonds. The van der Waals surface area contributed by atoms with E-state index < -0.39 is 9.84 Å². The van der Waals surface area contributed by atoms with Crippen LogP contribution in [0.2, 0.25) is 0 Å². The molecule has 1 aliphatic carbocycles. The molecule has 0 saturated heterocycles. The molecule has 5 heteroatoms. The van der Waals surface area contributed by atoms with Gasteiger partial charge in [0.25, 0.3) is 0 Å². The van der Waals surface area contributed by atoms with E-state index in [4.69, 9.17) is 0 Å². The Bertz CT molecular complexity index is 316. The number of likely N-dealkylation sites (N-methyl/N-ethyl adjacent to an activating group) is 1. The van der Waals surface area contributed by atoms with Crippen LogP contribution in [0, 0.1) is 0 Å². The summed E-state index contributed by atoms with van der Waals surface area (Å²) in [4.78, 5) is 2.25. The molecule has 1 fully saturated rings. The van der Waals surface area contributed by atoms with Crippen molar-refractivity contribution >= 4 is 9.84 Å². The minimum absolute atomic E-state index is 0.127. The van der Waals surface area contributed by atoms with Crippen LogP contribution in [0.4, 0.5) is 0 Å². The second-order valence-corrected chi connectivity index (χ2v) is 7.49. The minimum Gasteiger partial charge on any atom is -0.313 e. The molecule has 1 saturated carbocycles. The van der Waals surface area contributed by atoms with Crippen LogP contribution < -0.4 is 5.32 Å². The standard InChI is InChI=1S/C12H26N2O2S/c1-4-14(2)9-8-13-11-6-5-7-12(10-11)17(3,15)16/h11-13H,4-10H2,1-3H3. The van der Waals surface area contributed by atoms with Crippen molar-refractivity contribution in [2.45, 2.75) is 43.9 Å². The first-order valence-corrected chi connectivity index (χ1v) is 8.49. The number of hydrogen-bond acceptors (Lipinski definition) is 4. The molecule has 102 valence electrons. The summed E-state index contributed by atoms with van der Waals surface area (Å²) in [5.41, 5.74) is 0. The zero-order chi connectivity index (χ0) is 12.9. The Morgan fingerprint density at radius 3 is 2.65 bits per heavy atom. The van der Waals surface area contributed by atoms with Crippen LogP contribution in [0.3, 0.4) is 0 Å². The lowest BCUT2D eigenvalue weighted by molar-refractivity contribution is 0.316. The minimum atomic E-state index is -2.86. The molecule has 2 atom stereocenters. The largest absolute Gasteiger partial charge is 0.313 e. The Morgan fingerprint density at radius 1 is 1.35 bits per heavy atom. The highest BCUT2D eigenvalue weighted by molar-refractivity contribution is 7.91. The third kappa shape index (κ3) is 5.36. The van der Waals surface area contributed by atoms with Gasteiger partial charge in [-0.15, -0.1) is 0 Å². The van der Waals surface area contributed by atoms with Gasteiger partial charge in [0.05, 0.1) is 5.25 Å².